The third kappa shape index (κ3) is 6.19. The molecule has 0 aliphatic heterocycles. The van der Waals surface area contributed by atoms with Crippen LogP contribution in [-0.4, -0.2) is 11.9 Å². The lowest BCUT2D eigenvalue weighted by Gasteiger charge is -2.15. The molecule has 1 unspecified atom stereocenters. The van der Waals surface area contributed by atoms with Crippen LogP contribution in [0.5, 0.6) is 0 Å². The van der Waals surface area contributed by atoms with E-state index in [0.29, 0.717) is 5.92 Å². The summed E-state index contributed by atoms with van der Waals surface area (Å²) in [7, 11) is 0. The molecular formula is C16H22F3NO. The van der Waals surface area contributed by atoms with Gasteiger partial charge in [0.25, 0.3) is 5.91 Å². The number of amides is 1. The van der Waals surface area contributed by atoms with Crippen molar-refractivity contribution < 1.29 is 18.0 Å². The zero-order valence-electron chi connectivity index (χ0n) is 12.6. The van der Waals surface area contributed by atoms with E-state index < -0.39 is 11.7 Å². The molecule has 1 aromatic rings. The molecule has 0 fully saturated rings. The minimum atomic E-state index is -4.38. The molecule has 0 spiro atoms. The molecule has 0 aliphatic rings. The van der Waals surface area contributed by atoms with Gasteiger partial charge in [-0.2, -0.15) is 13.2 Å². The molecule has 0 aliphatic carbocycles. The topological polar surface area (TPSA) is 29.1 Å². The minimum absolute atomic E-state index is 0.0125. The monoisotopic (exact) mass is 301 g/mol. The maximum Gasteiger partial charge on any atom is 0.416 e. The Kier molecular flexibility index (Phi) is 6.24. The molecule has 2 nitrogen and oxygen atoms in total. The first kappa shape index (κ1) is 17.5. The molecule has 0 heterocycles. The summed E-state index contributed by atoms with van der Waals surface area (Å²) in [4.78, 5) is 11.9. The molecule has 1 rings (SSSR count). The fraction of sp³-hybridized carbons (Fsp3) is 0.562. The molecule has 0 saturated heterocycles. The highest BCUT2D eigenvalue weighted by Crippen LogP contribution is 2.29. The van der Waals surface area contributed by atoms with E-state index in [-0.39, 0.29) is 17.5 Å². The summed E-state index contributed by atoms with van der Waals surface area (Å²) in [5.41, 5.74) is -0.497. The first-order valence-electron chi connectivity index (χ1n) is 7.18. The number of alkyl halides is 3. The zero-order valence-corrected chi connectivity index (χ0v) is 12.6. The lowest BCUT2D eigenvalue weighted by atomic mass is 10.0. The molecule has 0 aromatic heterocycles. The lowest BCUT2D eigenvalue weighted by Crippen LogP contribution is -2.32. The summed E-state index contributed by atoms with van der Waals surface area (Å²) in [5.74, 6) is 0.295. The van der Waals surface area contributed by atoms with Crippen LogP contribution in [0.3, 0.4) is 0 Å². The molecule has 0 radical (unpaired) electrons. The van der Waals surface area contributed by atoms with Gasteiger partial charge >= 0.3 is 6.18 Å². The smallest absolute Gasteiger partial charge is 0.350 e. The fourth-order valence-electron chi connectivity index (χ4n) is 2.02. The zero-order chi connectivity index (χ0) is 16.0. The van der Waals surface area contributed by atoms with Crippen LogP contribution in [0.15, 0.2) is 24.3 Å². The maximum atomic E-state index is 12.4. The van der Waals surface area contributed by atoms with Crippen LogP contribution in [0, 0.1) is 5.92 Å². The van der Waals surface area contributed by atoms with Gasteiger partial charge in [0, 0.05) is 11.6 Å². The highest BCUT2D eigenvalue weighted by atomic mass is 19.4. The summed E-state index contributed by atoms with van der Waals surface area (Å²) in [6, 6.07) is 4.29. The van der Waals surface area contributed by atoms with Crippen molar-refractivity contribution in [1.29, 1.82) is 0 Å². The number of hydrogen-bond donors (Lipinski definition) is 1. The van der Waals surface area contributed by atoms with Gasteiger partial charge in [0.05, 0.1) is 5.56 Å². The van der Waals surface area contributed by atoms with Crippen molar-refractivity contribution in [2.75, 3.05) is 0 Å². The van der Waals surface area contributed by atoms with E-state index in [0.717, 1.165) is 31.4 Å². The van der Waals surface area contributed by atoms with Gasteiger partial charge in [0.1, 0.15) is 0 Å². The summed E-state index contributed by atoms with van der Waals surface area (Å²) in [6.45, 7) is 6.19. The van der Waals surface area contributed by atoms with Gasteiger partial charge < -0.3 is 5.32 Å². The van der Waals surface area contributed by atoms with Crippen molar-refractivity contribution in [3.05, 3.63) is 35.4 Å². The lowest BCUT2D eigenvalue weighted by molar-refractivity contribution is -0.137. The second-order valence-electron chi connectivity index (χ2n) is 5.77. The fourth-order valence-corrected chi connectivity index (χ4v) is 2.02. The van der Waals surface area contributed by atoms with Gasteiger partial charge in [-0.05, 0) is 43.5 Å². The van der Waals surface area contributed by atoms with Gasteiger partial charge in [-0.15, -0.1) is 0 Å². The molecule has 0 saturated carbocycles. The Balaban J connectivity index is 2.52. The molecule has 1 amide bonds. The van der Waals surface area contributed by atoms with Crippen LogP contribution in [0.4, 0.5) is 13.2 Å². The Morgan fingerprint density at radius 2 is 1.67 bits per heavy atom. The highest BCUT2D eigenvalue weighted by Gasteiger charge is 2.30. The third-order valence-corrected chi connectivity index (χ3v) is 3.27. The summed E-state index contributed by atoms with van der Waals surface area (Å²) < 4.78 is 37.3. The first-order valence-corrected chi connectivity index (χ1v) is 7.18. The molecule has 21 heavy (non-hydrogen) atoms. The Morgan fingerprint density at radius 1 is 1.10 bits per heavy atom. The van der Waals surface area contributed by atoms with E-state index in [9.17, 15) is 18.0 Å². The summed E-state index contributed by atoms with van der Waals surface area (Å²) in [5, 5.41) is 2.81. The number of carbonyl (C=O) groups excluding carboxylic acids is 1. The average Bonchev–Trinajstić information content (AvgIpc) is 2.37. The van der Waals surface area contributed by atoms with Gasteiger partial charge in [-0.25, -0.2) is 0 Å². The predicted molar refractivity (Wildman–Crippen MR) is 77.1 cm³/mol. The second kappa shape index (κ2) is 7.48. The van der Waals surface area contributed by atoms with Gasteiger partial charge in [-0.3, -0.25) is 4.79 Å². The van der Waals surface area contributed by atoms with E-state index in [2.05, 4.69) is 19.2 Å². The summed E-state index contributed by atoms with van der Waals surface area (Å²) >= 11 is 0. The molecular weight excluding hydrogens is 279 g/mol. The van der Waals surface area contributed by atoms with E-state index >= 15 is 0 Å². The Bertz CT molecular complexity index is 452. The van der Waals surface area contributed by atoms with Crippen LogP contribution in [0.2, 0.25) is 0 Å². The maximum absolute atomic E-state index is 12.4. The van der Waals surface area contributed by atoms with Crippen LogP contribution in [-0.2, 0) is 6.18 Å². The SMILES string of the molecule is CC(C)CCCC(C)NC(=O)c1ccc(C(F)(F)F)cc1. The van der Waals surface area contributed by atoms with E-state index in [1.807, 2.05) is 6.92 Å². The number of carbonyl (C=O) groups is 1. The van der Waals surface area contributed by atoms with Crippen molar-refractivity contribution in [3.8, 4) is 0 Å². The number of benzene rings is 1. The van der Waals surface area contributed by atoms with E-state index in [4.69, 9.17) is 0 Å². The molecule has 1 atom stereocenters. The minimum Gasteiger partial charge on any atom is -0.350 e. The van der Waals surface area contributed by atoms with Crippen molar-refractivity contribution in [2.24, 2.45) is 5.92 Å². The standard InChI is InChI=1S/C16H22F3NO/c1-11(2)5-4-6-12(3)20-15(21)13-7-9-14(10-8-13)16(17,18)19/h7-12H,4-6H2,1-3H3,(H,20,21). The van der Waals surface area contributed by atoms with Crippen molar-refractivity contribution in [3.63, 3.8) is 0 Å². The molecule has 1 N–H and O–H groups in total. The number of hydrogen-bond acceptors (Lipinski definition) is 1. The van der Waals surface area contributed by atoms with Gasteiger partial charge in [-0.1, -0.05) is 26.7 Å². The van der Waals surface area contributed by atoms with Crippen LogP contribution in [0.25, 0.3) is 0 Å². The largest absolute Gasteiger partial charge is 0.416 e. The molecule has 5 heteroatoms. The Morgan fingerprint density at radius 3 is 2.14 bits per heavy atom. The van der Waals surface area contributed by atoms with Crippen LogP contribution < -0.4 is 5.32 Å². The van der Waals surface area contributed by atoms with Crippen molar-refractivity contribution in [2.45, 2.75) is 52.3 Å². The van der Waals surface area contributed by atoms with E-state index in [1.54, 1.807) is 0 Å². The van der Waals surface area contributed by atoms with E-state index in [1.165, 1.54) is 12.1 Å². The molecule has 0 bridgehead atoms. The number of nitrogens with one attached hydrogen (secondary N) is 1. The predicted octanol–water partition coefficient (Wildman–Crippen LogP) is 4.65. The first-order chi connectivity index (χ1) is 9.70. The number of halogens is 3. The average molecular weight is 301 g/mol. The quantitative estimate of drug-likeness (QED) is 0.814. The molecule has 1 aromatic carbocycles. The Labute approximate surface area is 123 Å². The normalized spacial score (nSPS) is 13.3. The van der Waals surface area contributed by atoms with Crippen LogP contribution >= 0.6 is 0 Å². The Hall–Kier alpha value is -1.52. The second-order valence-corrected chi connectivity index (χ2v) is 5.77. The summed E-state index contributed by atoms with van der Waals surface area (Å²) in [6.07, 6.45) is -1.39. The van der Waals surface area contributed by atoms with Crippen LogP contribution in [0.1, 0.15) is 56.0 Å². The van der Waals surface area contributed by atoms with Crippen molar-refractivity contribution >= 4 is 5.91 Å². The van der Waals surface area contributed by atoms with Crippen molar-refractivity contribution in [1.82, 2.24) is 5.32 Å². The van der Waals surface area contributed by atoms with Gasteiger partial charge in [0.15, 0.2) is 0 Å². The third-order valence-electron chi connectivity index (χ3n) is 3.27. The molecule has 118 valence electrons. The highest BCUT2D eigenvalue weighted by molar-refractivity contribution is 5.94. The number of rotatable bonds is 6. The van der Waals surface area contributed by atoms with Gasteiger partial charge in [0.2, 0.25) is 0 Å².